The van der Waals surface area contributed by atoms with Crippen molar-refractivity contribution in [2.24, 2.45) is 0 Å². The zero-order chi connectivity index (χ0) is 15.1. The number of rotatable bonds is 6. The van der Waals surface area contributed by atoms with E-state index >= 15 is 0 Å². The number of aliphatic carboxylic acids is 1. The molecule has 0 radical (unpaired) electrons. The second-order valence-corrected chi connectivity index (χ2v) is 4.07. The fourth-order valence-electron chi connectivity index (χ4n) is 1.71. The van der Waals surface area contributed by atoms with E-state index in [0.29, 0.717) is 11.1 Å². The number of nitrogens with zero attached hydrogens (tertiary/aromatic N) is 1. The molecule has 0 fully saturated rings. The molecule has 6 heteroatoms. The SMILES string of the molecule is CCOC(=O)CCc1cc(C(O)C(=O)O)ccc1C#N. The lowest BCUT2D eigenvalue weighted by Crippen LogP contribution is -2.11. The molecule has 0 heterocycles. The predicted octanol–water partition coefficient (Wildman–Crippen LogP) is 1.17. The number of aliphatic hydroxyl groups is 1. The molecule has 1 unspecified atom stereocenters. The van der Waals surface area contributed by atoms with Crippen molar-refractivity contribution in [2.75, 3.05) is 6.61 Å². The van der Waals surface area contributed by atoms with Crippen LogP contribution in [0.15, 0.2) is 18.2 Å². The molecule has 20 heavy (non-hydrogen) atoms. The van der Waals surface area contributed by atoms with Crippen molar-refractivity contribution in [3.63, 3.8) is 0 Å². The van der Waals surface area contributed by atoms with Crippen molar-refractivity contribution >= 4 is 11.9 Å². The van der Waals surface area contributed by atoms with E-state index < -0.39 is 12.1 Å². The van der Waals surface area contributed by atoms with Gasteiger partial charge >= 0.3 is 11.9 Å². The maximum absolute atomic E-state index is 11.3. The molecule has 2 N–H and O–H groups in total. The van der Waals surface area contributed by atoms with Crippen LogP contribution in [0.4, 0.5) is 0 Å². The molecule has 1 atom stereocenters. The summed E-state index contributed by atoms with van der Waals surface area (Å²) in [6.07, 6.45) is -1.30. The molecule has 6 nitrogen and oxygen atoms in total. The molecular weight excluding hydrogens is 262 g/mol. The predicted molar refractivity (Wildman–Crippen MR) is 68.7 cm³/mol. The Balaban J connectivity index is 2.92. The van der Waals surface area contributed by atoms with E-state index in [0.717, 1.165) is 0 Å². The van der Waals surface area contributed by atoms with E-state index in [1.54, 1.807) is 6.92 Å². The minimum Gasteiger partial charge on any atom is -0.479 e. The number of carboxylic acid groups (broad SMARTS) is 1. The second-order valence-electron chi connectivity index (χ2n) is 4.07. The Kier molecular flexibility index (Phi) is 5.69. The van der Waals surface area contributed by atoms with Gasteiger partial charge in [-0.05, 0) is 30.5 Å². The summed E-state index contributed by atoms with van der Waals surface area (Å²) >= 11 is 0. The molecule has 0 aliphatic rings. The van der Waals surface area contributed by atoms with E-state index in [-0.39, 0.29) is 31.0 Å². The lowest BCUT2D eigenvalue weighted by atomic mass is 9.98. The summed E-state index contributed by atoms with van der Waals surface area (Å²) in [6.45, 7) is 1.98. The maximum Gasteiger partial charge on any atom is 0.337 e. The van der Waals surface area contributed by atoms with Crippen molar-refractivity contribution in [3.05, 3.63) is 34.9 Å². The summed E-state index contributed by atoms with van der Waals surface area (Å²) in [5.41, 5.74) is 1.03. The number of carbonyl (C=O) groups is 2. The Morgan fingerprint density at radius 3 is 2.70 bits per heavy atom. The van der Waals surface area contributed by atoms with E-state index in [2.05, 4.69) is 0 Å². The molecule has 1 aromatic carbocycles. The number of hydrogen-bond donors (Lipinski definition) is 2. The largest absolute Gasteiger partial charge is 0.479 e. The maximum atomic E-state index is 11.3. The molecule has 0 spiro atoms. The topological polar surface area (TPSA) is 108 Å². The van der Waals surface area contributed by atoms with Crippen LogP contribution in [0.2, 0.25) is 0 Å². The monoisotopic (exact) mass is 277 g/mol. The van der Waals surface area contributed by atoms with Gasteiger partial charge in [-0.25, -0.2) is 4.79 Å². The van der Waals surface area contributed by atoms with Gasteiger partial charge in [-0.2, -0.15) is 5.26 Å². The van der Waals surface area contributed by atoms with Crippen molar-refractivity contribution < 1.29 is 24.5 Å². The molecular formula is C14H15NO5. The van der Waals surface area contributed by atoms with Crippen LogP contribution in [0.1, 0.15) is 36.1 Å². The second kappa shape index (κ2) is 7.26. The third kappa shape index (κ3) is 4.07. The first kappa shape index (κ1) is 15.7. The lowest BCUT2D eigenvalue weighted by molar-refractivity contribution is -0.147. The van der Waals surface area contributed by atoms with Crippen LogP contribution in [0.25, 0.3) is 0 Å². The molecule has 0 aliphatic carbocycles. The smallest absolute Gasteiger partial charge is 0.337 e. The van der Waals surface area contributed by atoms with E-state index in [9.17, 15) is 14.7 Å². The number of hydrogen-bond acceptors (Lipinski definition) is 5. The highest BCUT2D eigenvalue weighted by atomic mass is 16.5. The molecule has 0 aromatic heterocycles. The first-order valence-electron chi connectivity index (χ1n) is 6.09. The third-order valence-corrected chi connectivity index (χ3v) is 2.70. The van der Waals surface area contributed by atoms with E-state index in [1.165, 1.54) is 18.2 Å². The van der Waals surface area contributed by atoms with Gasteiger partial charge in [0.15, 0.2) is 6.10 Å². The number of carbonyl (C=O) groups excluding carboxylic acids is 1. The van der Waals surface area contributed by atoms with Gasteiger partial charge in [0.2, 0.25) is 0 Å². The number of aliphatic hydroxyl groups excluding tert-OH is 1. The normalized spacial score (nSPS) is 11.4. The third-order valence-electron chi connectivity index (χ3n) is 2.70. The summed E-state index contributed by atoms with van der Waals surface area (Å²) in [6, 6.07) is 6.21. The number of nitriles is 1. The average molecular weight is 277 g/mol. The molecule has 0 saturated carbocycles. The van der Waals surface area contributed by atoms with Gasteiger partial charge < -0.3 is 14.9 Å². The zero-order valence-corrected chi connectivity index (χ0v) is 11.0. The van der Waals surface area contributed by atoms with Crippen LogP contribution in [0.5, 0.6) is 0 Å². The molecule has 0 amide bonds. The van der Waals surface area contributed by atoms with Crippen molar-refractivity contribution in [1.82, 2.24) is 0 Å². The van der Waals surface area contributed by atoms with E-state index in [4.69, 9.17) is 15.1 Å². The van der Waals surface area contributed by atoms with Crippen LogP contribution in [0.3, 0.4) is 0 Å². The molecule has 0 aliphatic heterocycles. The van der Waals surface area contributed by atoms with Gasteiger partial charge in [0, 0.05) is 6.42 Å². The van der Waals surface area contributed by atoms with E-state index in [1.807, 2.05) is 6.07 Å². The summed E-state index contributed by atoms with van der Waals surface area (Å²) in [7, 11) is 0. The van der Waals surface area contributed by atoms with Crippen LogP contribution in [-0.4, -0.2) is 28.8 Å². The standard InChI is InChI=1S/C14H15NO5/c1-2-20-12(16)6-5-9-7-10(13(17)14(18)19)3-4-11(9)8-15/h3-4,7,13,17H,2,5-6H2,1H3,(H,18,19). The highest BCUT2D eigenvalue weighted by molar-refractivity contribution is 5.74. The Morgan fingerprint density at radius 1 is 1.45 bits per heavy atom. The van der Waals surface area contributed by atoms with Crippen LogP contribution >= 0.6 is 0 Å². The Morgan fingerprint density at radius 2 is 2.15 bits per heavy atom. The highest BCUT2D eigenvalue weighted by Crippen LogP contribution is 2.19. The summed E-state index contributed by atoms with van der Waals surface area (Å²) in [5.74, 6) is -1.76. The lowest BCUT2D eigenvalue weighted by Gasteiger charge is -2.10. The van der Waals surface area contributed by atoms with Gasteiger partial charge in [-0.15, -0.1) is 0 Å². The Bertz CT molecular complexity index is 547. The first-order valence-corrected chi connectivity index (χ1v) is 6.09. The molecule has 0 saturated heterocycles. The van der Waals surface area contributed by atoms with Crippen molar-refractivity contribution in [3.8, 4) is 6.07 Å². The molecule has 1 rings (SSSR count). The van der Waals surface area contributed by atoms with Crippen LogP contribution in [-0.2, 0) is 20.7 Å². The summed E-state index contributed by atoms with van der Waals surface area (Å²) in [4.78, 5) is 22.0. The highest BCUT2D eigenvalue weighted by Gasteiger charge is 2.17. The Hall–Kier alpha value is -2.39. The number of ether oxygens (including phenoxy) is 1. The van der Waals surface area contributed by atoms with Crippen molar-refractivity contribution in [2.45, 2.75) is 25.9 Å². The quantitative estimate of drug-likeness (QED) is 0.756. The molecule has 106 valence electrons. The minimum atomic E-state index is -1.65. The fraction of sp³-hybridized carbons (Fsp3) is 0.357. The first-order chi connectivity index (χ1) is 9.49. The summed E-state index contributed by atoms with van der Waals surface area (Å²) < 4.78 is 4.79. The fourth-order valence-corrected chi connectivity index (χ4v) is 1.71. The van der Waals surface area contributed by atoms with Gasteiger partial charge in [0.1, 0.15) is 0 Å². The van der Waals surface area contributed by atoms with Crippen LogP contribution < -0.4 is 0 Å². The molecule has 1 aromatic rings. The Labute approximate surface area is 116 Å². The van der Waals surface area contributed by atoms with Crippen molar-refractivity contribution in [1.29, 1.82) is 5.26 Å². The zero-order valence-electron chi connectivity index (χ0n) is 11.0. The number of aryl methyl sites for hydroxylation is 1. The minimum absolute atomic E-state index is 0.0924. The average Bonchev–Trinajstić information content (AvgIpc) is 2.44. The number of esters is 1. The number of benzene rings is 1. The summed E-state index contributed by atoms with van der Waals surface area (Å²) in [5, 5.41) is 27.2. The van der Waals surface area contributed by atoms with Gasteiger partial charge in [0.05, 0.1) is 18.2 Å². The molecule has 0 bridgehead atoms. The van der Waals surface area contributed by atoms with Gasteiger partial charge in [0.25, 0.3) is 0 Å². The van der Waals surface area contributed by atoms with Gasteiger partial charge in [-0.3, -0.25) is 4.79 Å². The number of carboxylic acids is 1. The van der Waals surface area contributed by atoms with Gasteiger partial charge in [-0.1, -0.05) is 12.1 Å². The van der Waals surface area contributed by atoms with Crippen LogP contribution in [0, 0.1) is 11.3 Å².